The number of methoxy groups -OCH3 is 1. The van der Waals surface area contributed by atoms with Crippen molar-refractivity contribution in [2.24, 2.45) is 0 Å². The Hall–Kier alpha value is -0.490. The molecule has 90 valence electrons. The quantitative estimate of drug-likeness (QED) is 0.766. The first-order valence-electron chi connectivity index (χ1n) is 5.69. The highest BCUT2D eigenvalue weighted by molar-refractivity contribution is 7.07. The Balaban J connectivity index is 1.69. The molecule has 1 saturated heterocycles. The first-order chi connectivity index (χ1) is 7.88. The lowest BCUT2D eigenvalue weighted by Gasteiger charge is -2.34. The van der Waals surface area contributed by atoms with Gasteiger partial charge in [0.2, 0.25) is 0 Å². The number of piperazine rings is 1. The van der Waals surface area contributed by atoms with Gasteiger partial charge < -0.3 is 4.74 Å². The largest absolute Gasteiger partial charge is 0.383 e. The third-order valence-corrected chi connectivity index (χ3v) is 3.58. The molecular weight excluding hydrogens is 222 g/mol. The van der Waals surface area contributed by atoms with Crippen LogP contribution in [0.1, 0.15) is 5.69 Å². The van der Waals surface area contributed by atoms with Crippen LogP contribution in [0.15, 0.2) is 10.9 Å². The van der Waals surface area contributed by atoms with Crippen molar-refractivity contribution >= 4 is 11.3 Å². The molecular formula is C11H19N3OS. The van der Waals surface area contributed by atoms with Gasteiger partial charge in [0.25, 0.3) is 0 Å². The molecule has 0 bridgehead atoms. The van der Waals surface area contributed by atoms with Gasteiger partial charge in [0, 0.05) is 51.8 Å². The summed E-state index contributed by atoms with van der Waals surface area (Å²) in [6.45, 7) is 7.47. The summed E-state index contributed by atoms with van der Waals surface area (Å²) in [7, 11) is 1.76. The smallest absolute Gasteiger partial charge is 0.0795 e. The highest BCUT2D eigenvalue weighted by Crippen LogP contribution is 2.08. The van der Waals surface area contributed by atoms with E-state index < -0.39 is 0 Å². The van der Waals surface area contributed by atoms with E-state index in [2.05, 4.69) is 20.2 Å². The van der Waals surface area contributed by atoms with Gasteiger partial charge in [-0.15, -0.1) is 11.3 Å². The van der Waals surface area contributed by atoms with E-state index in [-0.39, 0.29) is 0 Å². The van der Waals surface area contributed by atoms with Gasteiger partial charge in [0.1, 0.15) is 0 Å². The van der Waals surface area contributed by atoms with Gasteiger partial charge in [-0.1, -0.05) is 0 Å². The molecule has 0 aromatic carbocycles. The number of rotatable bonds is 5. The van der Waals surface area contributed by atoms with E-state index in [4.69, 9.17) is 4.74 Å². The van der Waals surface area contributed by atoms with Gasteiger partial charge in [-0.2, -0.15) is 0 Å². The Kier molecular flexibility index (Phi) is 4.71. The van der Waals surface area contributed by atoms with Crippen LogP contribution in [0.3, 0.4) is 0 Å². The van der Waals surface area contributed by atoms with Crippen LogP contribution in [0.5, 0.6) is 0 Å². The van der Waals surface area contributed by atoms with Gasteiger partial charge in [0.15, 0.2) is 0 Å². The van der Waals surface area contributed by atoms with Crippen LogP contribution in [-0.4, -0.2) is 61.2 Å². The Morgan fingerprint density at radius 1 is 1.31 bits per heavy atom. The van der Waals surface area contributed by atoms with E-state index in [9.17, 15) is 0 Å². The summed E-state index contributed by atoms with van der Waals surface area (Å²) in [5, 5.41) is 2.14. The fourth-order valence-electron chi connectivity index (χ4n) is 1.94. The van der Waals surface area contributed by atoms with E-state index in [1.165, 1.54) is 5.69 Å². The van der Waals surface area contributed by atoms with Gasteiger partial charge in [-0.25, -0.2) is 4.98 Å². The maximum atomic E-state index is 5.09. The average Bonchev–Trinajstić information content (AvgIpc) is 2.81. The number of aromatic nitrogens is 1. The molecule has 0 radical (unpaired) electrons. The summed E-state index contributed by atoms with van der Waals surface area (Å²) in [5.41, 5.74) is 3.11. The van der Waals surface area contributed by atoms with Crippen LogP contribution in [0.25, 0.3) is 0 Å². The Bertz CT molecular complexity index is 283. The molecule has 0 aliphatic carbocycles. The highest BCUT2D eigenvalue weighted by Gasteiger charge is 2.16. The van der Waals surface area contributed by atoms with Gasteiger partial charge in [-0.3, -0.25) is 9.80 Å². The normalized spacial score (nSPS) is 19.1. The molecule has 0 atom stereocenters. The zero-order valence-electron chi connectivity index (χ0n) is 9.76. The molecule has 1 aromatic heterocycles. The van der Waals surface area contributed by atoms with E-state index in [0.29, 0.717) is 0 Å². The van der Waals surface area contributed by atoms with Crippen LogP contribution in [0, 0.1) is 0 Å². The Morgan fingerprint density at radius 3 is 2.69 bits per heavy atom. The number of hydrogen-bond acceptors (Lipinski definition) is 5. The van der Waals surface area contributed by atoms with Crippen molar-refractivity contribution in [3.8, 4) is 0 Å². The first kappa shape index (κ1) is 12.0. The summed E-state index contributed by atoms with van der Waals surface area (Å²) >= 11 is 1.68. The fourth-order valence-corrected chi connectivity index (χ4v) is 2.49. The van der Waals surface area contributed by atoms with E-state index >= 15 is 0 Å². The molecule has 0 saturated carbocycles. The zero-order chi connectivity index (χ0) is 11.2. The number of hydrogen-bond donors (Lipinski definition) is 0. The molecule has 0 N–H and O–H groups in total. The van der Waals surface area contributed by atoms with Crippen molar-refractivity contribution in [3.05, 3.63) is 16.6 Å². The minimum atomic E-state index is 0.839. The van der Waals surface area contributed by atoms with Crippen molar-refractivity contribution in [2.75, 3.05) is 46.4 Å². The van der Waals surface area contributed by atoms with Crippen molar-refractivity contribution in [1.29, 1.82) is 0 Å². The lowest BCUT2D eigenvalue weighted by atomic mass is 10.3. The standard InChI is InChI=1S/C11H19N3OS/c1-15-7-6-13-2-4-14(5-3-13)8-11-9-16-10-12-11/h9-10H,2-8H2,1H3. The molecule has 1 aromatic rings. The maximum Gasteiger partial charge on any atom is 0.0795 e. The van der Waals surface area contributed by atoms with E-state index in [1.54, 1.807) is 18.4 Å². The molecule has 1 aliphatic rings. The van der Waals surface area contributed by atoms with Crippen LogP contribution in [-0.2, 0) is 11.3 Å². The average molecular weight is 241 g/mol. The van der Waals surface area contributed by atoms with Crippen molar-refractivity contribution in [1.82, 2.24) is 14.8 Å². The topological polar surface area (TPSA) is 28.6 Å². The molecule has 2 heterocycles. The number of ether oxygens (including phenoxy) is 1. The molecule has 0 amide bonds. The molecule has 1 fully saturated rings. The van der Waals surface area contributed by atoms with Crippen LogP contribution in [0.2, 0.25) is 0 Å². The summed E-state index contributed by atoms with van der Waals surface area (Å²) in [4.78, 5) is 9.25. The van der Waals surface area contributed by atoms with Crippen LogP contribution < -0.4 is 0 Å². The summed E-state index contributed by atoms with van der Waals surface area (Å²) in [5.74, 6) is 0. The molecule has 0 spiro atoms. The molecule has 4 nitrogen and oxygen atoms in total. The number of thiazole rings is 1. The minimum absolute atomic E-state index is 0.839. The Morgan fingerprint density at radius 2 is 2.06 bits per heavy atom. The monoisotopic (exact) mass is 241 g/mol. The number of nitrogens with zero attached hydrogens (tertiary/aromatic N) is 3. The minimum Gasteiger partial charge on any atom is -0.383 e. The summed E-state index contributed by atoms with van der Waals surface area (Å²) in [6.07, 6.45) is 0. The lowest BCUT2D eigenvalue weighted by Crippen LogP contribution is -2.46. The lowest BCUT2D eigenvalue weighted by molar-refractivity contribution is 0.0933. The SMILES string of the molecule is COCCN1CCN(Cc2cscn2)CC1. The Labute approximate surface area is 101 Å². The third-order valence-electron chi connectivity index (χ3n) is 2.95. The van der Waals surface area contributed by atoms with Crippen molar-refractivity contribution in [2.45, 2.75) is 6.54 Å². The summed E-state index contributed by atoms with van der Waals surface area (Å²) < 4.78 is 5.09. The van der Waals surface area contributed by atoms with E-state index in [1.807, 2.05) is 5.51 Å². The third kappa shape index (κ3) is 3.52. The zero-order valence-corrected chi connectivity index (χ0v) is 10.6. The van der Waals surface area contributed by atoms with Crippen LogP contribution in [0.4, 0.5) is 0 Å². The predicted octanol–water partition coefficient (Wildman–Crippen LogP) is 0.907. The van der Waals surface area contributed by atoms with Gasteiger partial charge in [-0.05, 0) is 0 Å². The summed E-state index contributed by atoms with van der Waals surface area (Å²) in [6, 6.07) is 0. The molecule has 2 rings (SSSR count). The van der Waals surface area contributed by atoms with Gasteiger partial charge in [0.05, 0.1) is 17.8 Å². The molecule has 1 aliphatic heterocycles. The van der Waals surface area contributed by atoms with Crippen LogP contribution >= 0.6 is 11.3 Å². The first-order valence-corrected chi connectivity index (χ1v) is 6.63. The predicted molar refractivity (Wildman–Crippen MR) is 65.7 cm³/mol. The maximum absolute atomic E-state index is 5.09. The van der Waals surface area contributed by atoms with E-state index in [0.717, 1.165) is 45.9 Å². The second kappa shape index (κ2) is 6.30. The molecule has 16 heavy (non-hydrogen) atoms. The second-order valence-electron chi connectivity index (χ2n) is 4.09. The highest BCUT2D eigenvalue weighted by atomic mass is 32.1. The molecule has 0 unspecified atom stereocenters. The van der Waals surface area contributed by atoms with Crippen molar-refractivity contribution in [3.63, 3.8) is 0 Å². The van der Waals surface area contributed by atoms with Gasteiger partial charge >= 0.3 is 0 Å². The fraction of sp³-hybridized carbons (Fsp3) is 0.727. The second-order valence-corrected chi connectivity index (χ2v) is 4.81. The molecule has 5 heteroatoms. The van der Waals surface area contributed by atoms with Crippen molar-refractivity contribution < 1.29 is 4.74 Å².